The quantitative estimate of drug-likeness (QED) is 0.602. The number of aromatic hydroxyl groups is 1. The van der Waals surface area contributed by atoms with Crippen molar-refractivity contribution in [2.75, 3.05) is 45.3 Å². The first-order chi connectivity index (χ1) is 14.8. The van der Waals surface area contributed by atoms with Crippen LogP contribution in [-0.4, -0.2) is 69.7 Å². The molecule has 0 saturated carbocycles. The number of carbonyl (C=O) groups excluding carboxylic acids is 2. The normalized spacial score (nSPS) is 14.6. The third-order valence-corrected chi connectivity index (χ3v) is 6.42. The summed E-state index contributed by atoms with van der Waals surface area (Å²) in [6.45, 7) is 0.685. The highest BCUT2D eigenvalue weighted by Crippen LogP contribution is 2.24. The third kappa shape index (κ3) is 5.51. The number of morpholine rings is 1. The van der Waals surface area contributed by atoms with Crippen molar-refractivity contribution < 1.29 is 37.3 Å². The van der Waals surface area contributed by atoms with E-state index in [9.17, 15) is 23.1 Å². The van der Waals surface area contributed by atoms with Crippen LogP contribution in [0, 0.1) is 0 Å². The number of hydrogen-bond acceptors (Lipinski definition) is 8. The summed E-state index contributed by atoms with van der Waals surface area (Å²) >= 11 is 0. The summed E-state index contributed by atoms with van der Waals surface area (Å²) in [5, 5.41) is 12.4. The summed E-state index contributed by atoms with van der Waals surface area (Å²) < 4.78 is 41.6. The van der Waals surface area contributed by atoms with Crippen molar-refractivity contribution in [3.05, 3.63) is 48.0 Å². The van der Waals surface area contributed by atoms with E-state index in [2.05, 4.69) is 5.32 Å². The first kappa shape index (κ1) is 22.5. The molecule has 2 aromatic carbocycles. The Bertz CT molecular complexity index is 1050. The van der Waals surface area contributed by atoms with Gasteiger partial charge in [-0.15, -0.1) is 0 Å². The van der Waals surface area contributed by atoms with E-state index in [4.69, 9.17) is 14.2 Å². The zero-order chi connectivity index (χ0) is 22.4. The number of ether oxygens (including phenoxy) is 3. The summed E-state index contributed by atoms with van der Waals surface area (Å²) in [6.07, 6.45) is 0. The second-order valence-corrected chi connectivity index (χ2v) is 8.49. The van der Waals surface area contributed by atoms with E-state index in [1.165, 1.54) is 53.9 Å². The Morgan fingerprint density at radius 1 is 1.13 bits per heavy atom. The summed E-state index contributed by atoms with van der Waals surface area (Å²) in [6, 6.07) is 9.72. The molecule has 2 aromatic rings. The zero-order valence-electron chi connectivity index (χ0n) is 16.7. The van der Waals surface area contributed by atoms with E-state index in [1.54, 1.807) is 0 Å². The van der Waals surface area contributed by atoms with Gasteiger partial charge in [-0.1, -0.05) is 0 Å². The summed E-state index contributed by atoms with van der Waals surface area (Å²) in [5.74, 6) is -1.46. The monoisotopic (exact) mass is 450 g/mol. The largest absolute Gasteiger partial charge is 0.507 e. The van der Waals surface area contributed by atoms with Gasteiger partial charge in [0.2, 0.25) is 10.0 Å². The maximum atomic E-state index is 12.6. The zero-order valence-corrected chi connectivity index (χ0v) is 17.6. The van der Waals surface area contributed by atoms with Gasteiger partial charge >= 0.3 is 5.97 Å². The van der Waals surface area contributed by atoms with Crippen LogP contribution in [0.1, 0.15) is 10.4 Å². The van der Waals surface area contributed by atoms with Crippen molar-refractivity contribution >= 4 is 27.6 Å². The average Bonchev–Trinajstić information content (AvgIpc) is 2.78. The van der Waals surface area contributed by atoms with Crippen LogP contribution in [0.5, 0.6) is 11.5 Å². The highest BCUT2D eigenvalue weighted by Gasteiger charge is 2.26. The first-order valence-corrected chi connectivity index (χ1v) is 10.8. The Labute approximate surface area is 179 Å². The Morgan fingerprint density at radius 3 is 2.42 bits per heavy atom. The van der Waals surface area contributed by atoms with Crippen LogP contribution < -0.4 is 10.1 Å². The average molecular weight is 450 g/mol. The van der Waals surface area contributed by atoms with Crippen LogP contribution in [0.25, 0.3) is 0 Å². The molecule has 0 aliphatic carbocycles. The molecule has 31 heavy (non-hydrogen) atoms. The van der Waals surface area contributed by atoms with Crippen LogP contribution in [0.2, 0.25) is 0 Å². The van der Waals surface area contributed by atoms with Gasteiger partial charge < -0.3 is 24.6 Å². The van der Waals surface area contributed by atoms with E-state index in [0.717, 1.165) is 0 Å². The minimum absolute atomic E-state index is 0.105. The maximum absolute atomic E-state index is 12.6. The number of carbonyl (C=O) groups is 2. The number of methoxy groups -OCH3 is 1. The number of nitrogens with one attached hydrogen (secondary N) is 1. The fraction of sp³-hybridized carbons (Fsp3) is 0.300. The summed E-state index contributed by atoms with van der Waals surface area (Å²) in [4.78, 5) is 24.2. The molecule has 0 atom stereocenters. The van der Waals surface area contributed by atoms with Crippen LogP contribution in [-0.2, 0) is 24.3 Å². The predicted molar refractivity (Wildman–Crippen MR) is 110 cm³/mol. The molecule has 1 saturated heterocycles. The number of anilines is 1. The van der Waals surface area contributed by atoms with Gasteiger partial charge in [0.15, 0.2) is 6.61 Å². The van der Waals surface area contributed by atoms with Gasteiger partial charge in [-0.25, -0.2) is 13.2 Å². The lowest BCUT2D eigenvalue weighted by Crippen LogP contribution is -2.40. The number of nitrogens with zero attached hydrogens (tertiary/aromatic N) is 1. The molecular weight excluding hydrogens is 428 g/mol. The highest BCUT2D eigenvalue weighted by atomic mass is 32.2. The summed E-state index contributed by atoms with van der Waals surface area (Å²) in [7, 11) is -2.21. The van der Waals surface area contributed by atoms with E-state index < -0.39 is 28.5 Å². The van der Waals surface area contributed by atoms with E-state index in [0.29, 0.717) is 24.7 Å². The van der Waals surface area contributed by atoms with Gasteiger partial charge in [-0.2, -0.15) is 4.31 Å². The standard InChI is InChI=1S/C20H22N2O8S/c1-28-15-4-7-17(18(23)12-15)20(25)30-13-19(24)21-14-2-5-16(6-3-14)31(26,27)22-8-10-29-11-9-22/h2-7,12,23H,8-11,13H2,1H3,(H,21,24). The van der Waals surface area contributed by atoms with Crippen LogP contribution >= 0.6 is 0 Å². The molecule has 3 rings (SSSR count). The molecule has 1 fully saturated rings. The smallest absolute Gasteiger partial charge is 0.342 e. The molecule has 1 amide bonds. The fourth-order valence-corrected chi connectivity index (χ4v) is 4.27. The van der Waals surface area contributed by atoms with Gasteiger partial charge in [0.05, 0.1) is 25.2 Å². The molecule has 2 N–H and O–H groups in total. The number of rotatable bonds is 7. The fourth-order valence-electron chi connectivity index (χ4n) is 2.86. The Hall–Kier alpha value is -3.15. The van der Waals surface area contributed by atoms with Crippen molar-refractivity contribution in [2.24, 2.45) is 0 Å². The SMILES string of the molecule is COc1ccc(C(=O)OCC(=O)Nc2ccc(S(=O)(=O)N3CCOCC3)cc2)c(O)c1. The van der Waals surface area contributed by atoms with Crippen LogP contribution in [0.4, 0.5) is 5.69 Å². The molecule has 0 aromatic heterocycles. The molecule has 11 heteroatoms. The van der Waals surface area contributed by atoms with Gasteiger partial charge in [0.25, 0.3) is 5.91 Å². The lowest BCUT2D eigenvalue weighted by Gasteiger charge is -2.26. The summed E-state index contributed by atoms with van der Waals surface area (Å²) in [5.41, 5.74) is 0.237. The van der Waals surface area contributed by atoms with E-state index in [1.807, 2.05) is 0 Å². The maximum Gasteiger partial charge on any atom is 0.342 e. The van der Waals surface area contributed by atoms with Crippen molar-refractivity contribution in [3.8, 4) is 11.5 Å². The number of hydrogen-bond donors (Lipinski definition) is 2. The van der Waals surface area contributed by atoms with Crippen molar-refractivity contribution in [3.63, 3.8) is 0 Å². The molecule has 1 aliphatic heterocycles. The first-order valence-electron chi connectivity index (χ1n) is 9.33. The van der Waals surface area contributed by atoms with Crippen LogP contribution in [0.15, 0.2) is 47.4 Å². The molecule has 0 unspecified atom stereocenters. The predicted octanol–water partition coefficient (Wildman–Crippen LogP) is 1.22. The van der Waals surface area contributed by atoms with E-state index >= 15 is 0 Å². The second kappa shape index (κ2) is 9.77. The minimum atomic E-state index is -3.63. The van der Waals surface area contributed by atoms with Crippen LogP contribution in [0.3, 0.4) is 0 Å². The molecule has 0 radical (unpaired) electrons. The molecule has 1 heterocycles. The van der Waals surface area contributed by atoms with Gasteiger partial charge in [-0.05, 0) is 36.4 Å². The van der Waals surface area contributed by atoms with Gasteiger partial charge in [0.1, 0.15) is 17.1 Å². The number of amides is 1. The van der Waals surface area contributed by atoms with Crippen molar-refractivity contribution in [2.45, 2.75) is 4.90 Å². The number of phenolic OH excluding ortho intramolecular Hbond substituents is 1. The lowest BCUT2D eigenvalue weighted by molar-refractivity contribution is -0.119. The van der Waals surface area contributed by atoms with Crippen molar-refractivity contribution in [1.82, 2.24) is 4.31 Å². The number of sulfonamides is 1. The molecule has 0 spiro atoms. The van der Waals surface area contributed by atoms with E-state index in [-0.39, 0.29) is 29.3 Å². The molecule has 0 bridgehead atoms. The van der Waals surface area contributed by atoms with Gasteiger partial charge in [0, 0.05) is 24.8 Å². The lowest BCUT2D eigenvalue weighted by atomic mass is 10.2. The second-order valence-electron chi connectivity index (χ2n) is 6.55. The number of benzene rings is 2. The highest BCUT2D eigenvalue weighted by molar-refractivity contribution is 7.89. The molecule has 1 aliphatic rings. The molecule has 10 nitrogen and oxygen atoms in total. The number of esters is 1. The Kier molecular flexibility index (Phi) is 7.10. The van der Waals surface area contributed by atoms with Crippen molar-refractivity contribution in [1.29, 1.82) is 0 Å². The number of phenols is 1. The Morgan fingerprint density at radius 2 is 1.81 bits per heavy atom. The molecular formula is C20H22N2O8S. The minimum Gasteiger partial charge on any atom is -0.507 e. The topological polar surface area (TPSA) is 131 Å². The Balaban J connectivity index is 1.55. The van der Waals surface area contributed by atoms with Gasteiger partial charge in [-0.3, -0.25) is 4.79 Å². The third-order valence-electron chi connectivity index (χ3n) is 4.51. The molecule has 166 valence electrons.